The molecule has 0 fully saturated rings. The van der Waals surface area contributed by atoms with Crippen LogP contribution < -0.4 is 0 Å². The molecule has 0 nitrogen and oxygen atoms in total. The van der Waals surface area contributed by atoms with Crippen molar-refractivity contribution in [3.8, 4) is 0 Å². The van der Waals surface area contributed by atoms with Crippen molar-refractivity contribution in [3.63, 3.8) is 0 Å². The summed E-state index contributed by atoms with van der Waals surface area (Å²) in [6.45, 7) is 3.49. The van der Waals surface area contributed by atoms with E-state index in [1.807, 2.05) is 0 Å². The van der Waals surface area contributed by atoms with E-state index < -0.39 is 3.79 Å². The summed E-state index contributed by atoms with van der Waals surface area (Å²) in [6, 6.07) is 0. The quantitative estimate of drug-likeness (QED) is 0.444. The highest BCUT2D eigenvalue weighted by atomic mass is 35.6. The second-order valence-corrected chi connectivity index (χ2v) is 3.96. The maximum Gasteiger partial charge on any atom is 0.190 e. The Morgan fingerprint density at radius 1 is 1.38 bits per heavy atom. The summed E-state index contributed by atoms with van der Waals surface area (Å²) in [4.78, 5) is 0. The molecule has 0 spiro atoms. The number of alkyl halides is 3. The molecule has 0 aliphatic rings. The lowest BCUT2D eigenvalue weighted by molar-refractivity contribution is 0.880. The van der Waals surface area contributed by atoms with Crippen LogP contribution in [0.15, 0.2) is 12.7 Å². The van der Waals surface area contributed by atoms with E-state index >= 15 is 0 Å². The van der Waals surface area contributed by atoms with E-state index in [-0.39, 0.29) is 0 Å². The van der Waals surface area contributed by atoms with Crippen LogP contribution in [0.25, 0.3) is 0 Å². The number of hydrogen-bond donors (Lipinski definition) is 0. The van der Waals surface area contributed by atoms with Crippen molar-refractivity contribution in [2.45, 2.75) is 16.6 Å². The Labute approximate surface area is 64.4 Å². The van der Waals surface area contributed by atoms with Gasteiger partial charge in [-0.05, 0) is 12.8 Å². The molecule has 0 saturated carbocycles. The van der Waals surface area contributed by atoms with Gasteiger partial charge in [0.2, 0.25) is 0 Å². The minimum absolute atomic E-state index is 0.543. The second-order valence-electron chi connectivity index (χ2n) is 1.44. The molecule has 8 heavy (non-hydrogen) atoms. The molecule has 0 aromatic rings. The third-order valence-electron chi connectivity index (χ3n) is 0.632. The monoisotopic (exact) mass is 172 g/mol. The average molecular weight is 173 g/mol. The normalized spacial score (nSPS) is 11.4. The summed E-state index contributed by atoms with van der Waals surface area (Å²) in [7, 11) is 0. The molecule has 0 unspecified atom stereocenters. The Kier molecular flexibility index (Phi) is 3.87. The Balaban J connectivity index is 3.24. The molecule has 0 rings (SSSR count). The van der Waals surface area contributed by atoms with Crippen LogP contribution in [0.3, 0.4) is 0 Å². The molecule has 0 aromatic heterocycles. The predicted octanol–water partition coefficient (Wildman–Crippen LogP) is 3.32. The van der Waals surface area contributed by atoms with Gasteiger partial charge in [0, 0.05) is 0 Å². The van der Waals surface area contributed by atoms with Crippen molar-refractivity contribution < 1.29 is 0 Å². The zero-order valence-corrected chi connectivity index (χ0v) is 6.60. The maximum absolute atomic E-state index is 5.40. The maximum atomic E-state index is 5.40. The zero-order valence-electron chi connectivity index (χ0n) is 4.33. The van der Waals surface area contributed by atoms with E-state index in [2.05, 4.69) is 6.58 Å². The fourth-order valence-corrected chi connectivity index (χ4v) is 0.593. The fraction of sp³-hybridized carbons (Fsp3) is 0.600. The first-order chi connectivity index (χ1) is 3.56. The van der Waals surface area contributed by atoms with E-state index in [9.17, 15) is 0 Å². The molecular weight excluding hydrogens is 166 g/mol. The summed E-state index contributed by atoms with van der Waals surface area (Å²) in [5.41, 5.74) is 0. The minimum atomic E-state index is -1.10. The van der Waals surface area contributed by atoms with Crippen molar-refractivity contribution in [2.75, 3.05) is 0 Å². The van der Waals surface area contributed by atoms with Crippen LogP contribution in [0.1, 0.15) is 12.8 Å². The first-order valence-corrected chi connectivity index (χ1v) is 3.37. The van der Waals surface area contributed by atoms with E-state index in [0.29, 0.717) is 6.42 Å². The van der Waals surface area contributed by atoms with Crippen LogP contribution in [0.2, 0.25) is 0 Å². The summed E-state index contributed by atoms with van der Waals surface area (Å²) in [5.74, 6) is 0. The molecular formula is C5H7Cl3. The van der Waals surface area contributed by atoms with Gasteiger partial charge in [0.05, 0.1) is 0 Å². The first-order valence-electron chi connectivity index (χ1n) is 2.24. The van der Waals surface area contributed by atoms with Crippen molar-refractivity contribution in [2.24, 2.45) is 0 Å². The van der Waals surface area contributed by atoms with Gasteiger partial charge in [-0.3, -0.25) is 0 Å². The molecule has 0 aromatic carbocycles. The van der Waals surface area contributed by atoms with Crippen LogP contribution >= 0.6 is 34.8 Å². The van der Waals surface area contributed by atoms with E-state index in [4.69, 9.17) is 34.8 Å². The molecule has 0 amide bonds. The second kappa shape index (κ2) is 3.60. The van der Waals surface area contributed by atoms with Crippen molar-refractivity contribution >= 4 is 34.8 Å². The molecule has 0 N–H and O–H groups in total. The van der Waals surface area contributed by atoms with Crippen LogP contribution in [0.5, 0.6) is 0 Å². The lowest BCUT2D eigenvalue weighted by Crippen LogP contribution is -1.99. The molecule has 0 saturated heterocycles. The molecule has 0 bridgehead atoms. The molecule has 0 radical (unpaired) electrons. The topological polar surface area (TPSA) is 0 Å². The van der Waals surface area contributed by atoms with Crippen LogP contribution in [-0.2, 0) is 0 Å². The highest BCUT2D eigenvalue weighted by Crippen LogP contribution is 2.31. The van der Waals surface area contributed by atoms with Gasteiger partial charge in [-0.25, -0.2) is 0 Å². The van der Waals surface area contributed by atoms with Crippen molar-refractivity contribution in [1.82, 2.24) is 0 Å². The SMILES string of the molecule is C=CCCC(Cl)(Cl)Cl. The molecule has 0 aliphatic heterocycles. The van der Waals surface area contributed by atoms with Crippen molar-refractivity contribution in [3.05, 3.63) is 12.7 Å². The highest BCUT2D eigenvalue weighted by Gasteiger charge is 2.16. The van der Waals surface area contributed by atoms with Gasteiger partial charge in [0.25, 0.3) is 0 Å². The zero-order chi connectivity index (χ0) is 6.62. The van der Waals surface area contributed by atoms with Gasteiger partial charge >= 0.3 is 0 Å². The Morgan fingerprint density at radius 3 is 2.00 bits per heavy atom. The number of hydrogen-bond acceptors (Lipinski definition) is 0. The van der Waals surface area contributed by atoms with E-state index in [1.54, 1.807) is 6.08 Å². The third-order valence-corrected chi connectivity index (χ3v) is 1.20. The standard InChI is InChI=1S/C5H7Cl3/c1-2-3-4-5(6,7)8/h2H,1,3-4H2. The Hall–Kier alpha value is 0.610. The molecule has 48 valence electrons. The lowest BCUT2D eigenvalue weighted by Gasteiger charge is -2.06. The van der Waals surface area contributed by atoms with Gasteiger partial charge in [-0.15, -0.1) is 6.58 Å². The number of halogens is 3. The number of allylic oxidation sites excluding steroid dienone is 1. The average Bonchev–Trinajstić information content (AvgIpc) is 1.59. The van der Waals surface area contributed by atoms with E-state index in [1.165, 1.54) is 0 Å². The lowest BCUT2D eigenvalue weighted by atomic mass is 10.3. The van der Waals surface area contributed by atoms with E-state index in [0.717, 1.165) is 6.42 Å². The largest absolute Gasteiger partial charge is 0.190 e. The fourth-order valence-electron chi connectivity index (χ4n) is 0.266. The van der Waals surface area contributed by atoms with Crippen LogP contribution in [0, 0.1) is 0 Å². The minimum Gasteiger partial charge on any atom is -0.103 e. The number of rotatable bonds is 2. The Bertz CT molecular complexity index is 72.2. The van der Waals surface area contributed by atoms with Gasteiger partial charge in [0.1, 0.15) is 0 Å². The highest BCUT2D eigenvalue weighted by molar-refractivity contribution is 6.67. The van der Waals surface area contributed by atoms with Gasteiger partial charge < -0.3 is 0 Å². The third kappa shape index (κ3) is 6.61. The summed E-state index contributed by atoms with van der Waals surface area (Å²) < 4.78 is -1.10. The van der Waals surface area contributed by atoms with Crippen LogP contribution in [-0.4, -0.2) is 3.79 Å². The molecule has 0 aliphatic carbocycles. The first kappa shape index (κ1) is 8.61. The Morgan fingerprint density at radius 2 is 1.88 bits per heavy atom. The summed E-state index contributed by atoms with van der Waals surface area (Å²) in [5, 5.41) is 0. The van der Waals surface area contributed by atoms with Gasteiger partial charge in [-0.1, -0.05) is 40.9 Å². The van der Waals surface area contributed by atoms with Gasteiger partial charge in [0.15, 0.2) is 3.79 Å². The molecule has 0 atom stereocenters. The molecule has 3 heteroatoms. The summed E-state index contributed by atoms with van der Waals surface area (Å²) >= 11 is 16.2. The van der Waals surface area contributed by atoms with Crippen molar-refractivity contribution in [1.29, 1.82) is 0 Å². The molecule has 0 heterocycles. The van der Waals surface area contributed by atoms with Gasteiger partial charge in [-0.2, -0.15) is 0 Å². The summed E-state index contributed by atoms with van der Waals surface area (Å²) in [6.07, 6.45) is 3.01. The smallest absolute Gasteiger partial charge is 0.103 e. The van der Waals surface area contributed by atoms with Crippen LogP contribution in [0.4, 0.5) is 0 Å². The predicted molar refractivity (Wildman–Crippen MR) is 39.7 cm³/mol.